The molecule has 122 heavy (non-hydrogen) atoms. The van der Waals surface area contributed by atoms with E-state index in [-0.39, 0.29) is 55.2 Å². The lowest BCUT2D eigenvalue weighted by atomic mass is 9.87. The van der Waals surface area contributed by atoms with Crippen LogP contribution in [0, 0.1) is 34.0 Å². The first-order chi connectivity index (χ1) is 56.0. The molecular formula is C101H183N15O6. The third-order valence-electron chi connectivity index (χ3n) is 18.8. The molecule has 21 nitrogen and oxygen atoms in total. The van der Waals surface area contributed by atoms with E-state index in [1.807, 2.05) is 42.9 Å². The normalized spacial score (nSPS) is 18.9. The second-order valence-corrected chi connectivity index (χ2v) is 46.4. The van der Waals surface area contributed by atoms with Crippen LogP contribution in [0.4, 0.5) is 23.3 Å². The smallest absolute Gasteiger partial charge is 0.213 e. The fourth-order valence-electron chi connectivity index (χ4n) is 12.4. The van der Waals surface area contributed by atoms with Gasteiger partial charge in [-0.15, -0.1) is 0 Å². The highest BCUT2D eigenvalue weighted by atomic mass is 16.5. The van der Waals surface area contributed by atoms with Gasteiger partial charge in [0.2, 0.25) is 5.88 Å². The van der Waals surface area contributed by atoms with E-state index in [1.165, 1.54) is 23.1 Å². The van der Waals surface area contributed by atoms with Gasteiger partial charge in [0.1, 0.15) is 40.9 Å². The molecular weight excluding hydrogens is 1520 g/mol. The van der Waals surface area contributed by atoms with Crippen molar-refractivity contribution in [2.24, 2.45) is 51.2 Å². The first kappa shape index (κ1) is 110. The summed E-state index contributed by atoms with van der Waals surface area (Å²) < 4.78 is 34.4. The first-order valence-corrected chi connectivity index (χ1v) is 46.1. The molecule has 5 aromatic rings. The van der Waals surface area contributed by atoms with Crippen molar-refractivity contribution in [1.29, 1.82) is 0 Å². The summed E-state index contributed by atoms with van der Waals surface area (Å²) in [5.41, 5.74) is 22.8. The van der Waals surface area contributed by atoms with Crippen molar-refractivity contribution < 1.29 is 28.4 Å². The zero-order valence-corrected chi connectivity index (χ0v) is 84.4. The Kier molecular flexibility index (Phi) is 45.6. The molecule has 6 fully saturated rings. The van der Waals surface area contributed by atoms with Gasteiger partial charge in [0, 0.05) is 130 Å². The molecule has 2 saturated carbocycles. The standard InChI is InChI=1S/C18H30N2O2.C17H29N3.C17H35NO3.C13H21N3O.2C12H19N3.3C4H10/c1-17(2,3)12-21-14-7-8-16(19-11-14)22-15-9-13(10-15)20-18(4,5)6;1-16(2,3)13-7-9-18-15(11-13)20-10-8-14(12-20)19-17(4,5)6;1-16(2,3)13-19-9-10-21-15-11-14(12-15)20-8-7-18-17(4,5)6;1-13(2,3)9-17-11-4-5-12(15-6-11)16-7-10(14)8-16;1-12(2,3)9-4-5-14-11(6-9)15-7-10(13)8-15;1-12(2,3)9-4-5-11(14-6-9)15-7-10(13)8-15;3*1-4(2)3/h7-8,11,13,15,20H,9-10,12H2,1-6H3;7,9,11,14,19H,8,10,12H2,1-6H3;14-15,18H,7-13H2,1-6H3;4-6,10H,7-9,14H2,1-3H3;2*4-6,10H,7-8,13H2,1-3H3;3*4H,1-3H3. The van der Waals surface area contributed by atoms with Gasteiger partial charge < -0.3 is 81.2 Å². The maximum Gasteiger partial charge on any atom is 0.213 e. The van der Waals surface area contributed by atoms with Crippen molar-refractivity contribution in [2.45, 2.75) is 363 Å². The number of hydrogen-bond donors (Lipinski definition) is 6. The Hall–Kier alpha value is -6.01. The number of hydrogen-bond acceptors (Lipinski definition) is 21. The van der Waals surface area contributed by atoms with Gasteiger partial charge in [0.15, 0.2) is 0 Å². The van der Waals surface area contributed by atoms with Gasteiger partial charge in [-0.05, 0) is 210 Å². The topological polar surface area (TPSA) is 247 Å². The van der Waals surface area contributed by atoms with Crippen molar-refractivity contribution >= 4 is 23.3 Å². The minimum Gasteiger partial charge on any atom is -0.491 e. The number of ether oxygens (including phenoxy) is 6. The summed E-state index contributed by atoms with van der Waals surface area (Å²) in [6.45, 7) is 91.6. The Morgan fingerprint density at radius 3 is 1.12 bits per heavy atom. The maximum atomic E-state index is 5.89. The second kappa shape index (κ2) is 50.5. The van der Waals surface area contributed by atoms with E-state index in [4.69, 9.17) is 45.6 Å². The van der Waals surface area contributed by atoms with E-state index in [1.54, 1.807) is 12.4 Å². The van der Waals surface area contributed by atoms with Crippen LogP contribution in [-0.4, -0.2) is 189 Å². The Balaban J connectivity index is 0.000000369. The molecule has 0 spiro atoms. The predicted octanol–water partition coefficient (Wildman–Crippen LogP) is 19.8. The highest BCUT2D eigenvalue weighted by Gasteiger charge is 2.35. The number of nitrogens with zero attached hydrogens (tertiary/aromatic N) is 9. The molecule has 6 aliphatic rings. The van der Waals surface area contributed by atoms with Crippen molar-refractivity contribution in [3.8, 4) is 17.4 Å². The minimum atomic E-state index is 0.149. The predicted molar refractivity (Wildman–Crippen MR) is 520 cm³/mol. The molecule has 698 valence electrons. The molecule has 9 N–H and O–H groups in total. The van der Waals surface area contributed by atoms with Crippen LogP contribution in [-0.2, 0) is 30.5 Å². The summed E-state index contributed by atoms with van der Waals surface area (Å²) in [7, 11) is 0. The highest BCUT2D eigenvalue weighted by molar-refractivity contribution is 5.48. The molecule has 0 bridgehead atoms. The van der Waals surface area contributed by atoms with Crippen LogP contribution < -0.4 is 67.0 Å². The Bertz CT molecular complexity index is 3560. The maximum absolute atomic E-state index is 5.89. The van der Waals surface area contributed by atoms with E-state index in [2.05, 4.69) is 346 Å². The number of anilines is 4. The van der Waals surface area contributed by atoms with Crippen molar-refractivity contribution in [3.63, 3.8) is 0 Å². The summed E-state index contributed by atoms with van der Waals surface area (Å²) in [4.78, 5) is 31.1. The Morgan fingerprint density at radius 2 is 0.762 bits per heavy atom. The summed E-state index contributed by atoms with van der Waals surface area (Å²) >= 11 is 0. The highest BCUT2D eigenvalue weighted by Crippen LogP contribution is 2.33. The molecule has 21 heteroatoms. The van der Waals surface area contributed by atoms with E-state index < -0.39 is 0 Å². The summed E-state index contributed by atoms with van der Waals surface area (Å²) in [6, 6.07) is 22.7. The SMILES string of the molecule is CC(C)(C)COCCOC1CC(OCCNC(C)(C)C)C1.CC(C)(C)COc1ccc(N2CC(N)C2)nc1.CC(C)(C)COc1ccc(OC2CC(NC(C)(C)C)C2)nc1.CC(C)(C)NC1CCN(c2cc(C(C)(C)C)ccn2)C1.CC(C)(C)c1ccc(N2CC(N)C2)nc1.CC(C)(C)c1ccnc(N2CC(N)C2)c1.CC(C)C.CC(C)C.CC(C)C. The molecule has 1 unspecified atom stereocenters. The molecule has 0 aromatic carbocycles. The molecule has 4 saturated heterocycles. The average molecular weight is 1700 g/mol. The third-order valence-corrected chi connectivity index (χ3v) is 18.8. The second-order valence-electron chi connectivity index (χ2n) is 46.4. The van der Waals surface area contributed by atoms with E-state index in [9.17, 15) is 0 Å². The van der Waals surface area contributed by atoms with Gasteiger partial charge in [-0.3, -0.25) is 0 Å². The quantitative estimate of drug-likeness (QED) is 0.0374. The van der Waals surface area contributed by atoms with Crippen LogP contribution in [0.1, 0.15) is 298 Å². The van der Waals surface area contributed by atoms with E-state index in [0.717, 1.165) is 150 Å². The Labute approximate surface area is 746 Å². The lowest BCUT2D eigenvalue weighted by Crippen LogP contribution is -2.56. The Morgan fingerprint density at radius 1 is 0.377 bits per heavy atom. The average Bonchev–Trinajstić information content (AvgIpc) is 1.35. The van der Waals surface area contributed by atoms with Gasteiger partial charge in [-0.1, -0.05) is 193 Å². The zero-order chi connectivity index (χ0) is 92.6. The number of aromatic nitrogens is 5. The van der Waals surface area contributed by atoms with E-state index in [0.29, 0.717) is 74.7 Å². The van der Waals surface area contributed by atoms with Gasteiger partial charge in [0.25, 0.3) is 0 Å². The van der Waals surface area contributed by atoms with Gasteiger partial charge in [-0.2, -0.15) is 0 Å². The lowest BCUT2D eigenvalue weighted by Gasteiger charge is -2.39. The van der Waals surface area contributed by atoms with Crippen LogP contribution in [0.25, 0.3) is 0 Å². The fourth-order valence-corrected chi connectivity index (χ4v) is 12.4. The monoisotopic (exact) mass is 1700 g/mol. The van der Waals surface area contributed by atoms with Crippen LogP contribution in [0.2, 0.25) is 0 Å². The molecule has 11 rings (SSSR count). The lowest BCUT2D eigenvalue weighted by molar-refractivity contribution is -0.110. The van der Waals surface area contributed by atoms with Crippen molar-refractivity contribution in [1.82, 2.24) is 40.9 Å². The molecule has 0 amide bonds. The van der Waals surface area contributed by atoms with Crippen molar-refractivity contribution in [2.75, 3.05) is 118 Å². The van der Waals surface area contributed by atoms with Crippen molar-refractivity contribution in [3.05, 3.63) is 108 Å². The molecule has 1 atom stereocenters. The molecule has 2 aliphatic carbocycles. The van der Waals surface area contributed by atoms with Gasteiger partial charge in [0.05, 0.1) is 64.2 Å². The number of nitrogens with two attached hydrogens (primary N) is 3. The minimum absolute atomic E-state index is 0.149. The number of nitrogens with one attached hydrogen (secondary N) is 3. The first-order valence-electron chi connectivity index (χ1n) is 46.1. The largest absolute Gasteiger partial charge is 0.491 e. The summed E-state index contributed by atoms with van der Waals surface area (Å²) in [5.74, 6) is 9.01. The summed E-state index contributed by atoms with van der Waals surface area (Å²) in [5, 5.41) is 10.7. The third kappa shape index (κ3) is 50.4. The van der Waals surface area contributed by atoms with Crippen LogP contribution in [0.3, 0.4) is 0 Å². The van der Waals surface area contributed by atoms with Crippen LogP contribution >= 0.6 is 0 Å². The van der Waals surface area contributed by atoms with Gasteiger partial charge in [-0.25, -0.2) is 24.9 Å². The molecule has 9 heterocycles. The fraction of sp³-hybridized carbons (Fsp3) is 0.752. The van der Waals surface area contributed by atoms with E-state index >= 15 is 0 Å². The van der Waals surface area contributed by atoms with Gasteiger partial charge >= 0.3 is 0 Å². The van der Waals surface area contributed by atoms with Crippen LogP contribution in [0.5, 0.6) is 17.4 Å². The number of pyridine rings is 5. The van der Waals surface area contributed by atoms with Crippen LogP contribution in [0.15, 0.2) is 91.6 Å². The zero-order valence-electron chi connectivity index (χ0n) is 84.4. The molecule has 0 radical (unpaired) electrons. The molecule has 5 aromatic heterocycles. The molecule has 4 aliphatic heterocycles. The number of rotatable bonds is 21. The summed E-state index contributed by atoms with van der Waals surface area (Å²) in [6.07, 6.45) is 15.7.